The number of nitrogens with zero attached hydrogens (tertiary/aromatic N) is 3. The Morgan fingerprint density at radius 2 is 2.27 bits per heavy atom. The predicted molar refractivity (Wildman–Crippen MR) is 51.1 cm³/mol. The Morgan fingerprint density at radius 3 is 2.73 bits per heavy atom. The third kappa shape index (κ3) is 2.06. The third-order valence-corrected chi connectivity index (χ3v) is 2.56. The van der Waals surface area contributed by atoms with Crippen molar-refractivity contribution in [1.82, 2.24) is 0 Å². The Hall–Kier alpha value is -0.850. The molecule has 0 amide bonds. The van der Waals surface area contributed by atoms with E-state index < -0.39 is 24.0 Å². The van der Waals surface area contributed by atoms with Gasteiger partial charge in [0, 0.05) is 19.1 Å². The van der Waals surface area contributed by atoms with E-state index in [1.165, 1.54) is 14.2 Å². The van der Waals surface area contributed by atoms with Crippen molar-refractivity contribution in [2.45, 2.75) is 31.0 Å². The molecule has 1 N–H and O–H groups in total. The van der Waals surface area contributed by atoms with E-state index in [9.17, 15) is 5.11 Å². The molecule has 1 unspecified atom stereocenters. The second-order valence-corrected chi connectivity index (χ2v) is 3.55. The van der Waals surface area contributed by atoms with Crippen molar-refractivity contribution in [2.75, 3.05) is 20.8 Å². The Balaban J connectivity index is 2.91. The zero-order valence-corrected chi connectivity index (χ0v) is 8.95. The number of aliphatic hydroxyl groups excluding tert-OH is 1. The summed E-state index contributed by atoms with van der Waals surface area (Å²) in [6.07, 6.45) is -2.15. The first kappa shape index (κ1) is 12.2. The number of hydrogen-bond acceptors (Lipinski definition) is 5. The second-order valence-electron chi connectivity index (χ2n) is 3.55. The lowest BCUT2D eigenvalue weighted by molar-refractivity contribution is -0.123. The summed E-state index contributed by atoms with van der Waals surface area (Å²) in [6, 6.07) is 0. The molecule has 0 saturated carbocycles. The number of azide groups is 1. The molecule has 86 valence electrons. The fourth-order valence-corrected chi connectivity index (χ4v) is 1.78. The lowest BCUT2D eigenvalue weighted by Gasteiger charge is -2.26. The molecule has 1 aliphatic heterocycles. The molecule has 0 bridgehead atoms. The summed E-state index contributed by atoms with van der Waals surface area (Å²) in [5.74, 6) is 0. The summed E-state index contributed by atoms with van der Waals surface area (Å²) in [6.45, 7) is 1.85. The van der Waals surface area contributed by atoms with Crippen molar-refractivity contribution in [3.63, 3.8) is 0 Å². The quantitative estimate of drug-likeness (QED) is 0.419. The second kappa shape index (κ2) is 4.78. The smallest absolute Gasteiger partial charge is 0.168 e. The van der Waals surface area contributed by atoms with Crippen LogP contribution >= 0.6 is 0 Å². The molecule has 1 aliphatic rings. The fraction of sp³-hybridized carbons (Fsp3) is 1.00. The van der Waals surface area contributed by atoms with Gasteiger partial charge in [0.05, 0.1) is 6.61 Å². The van der Waals surface area contributed by atoms with Crippen molar-refractivity contribution < 1.29 is 19.3 Å². The Bertz CT molecular complexity index is 269. The van der Waals surface area contributed by atoms with Gasteiger partial charge in [-0.15, -0.1) is 0 Å². The minimum absolute atomic E-state index is 0.270. The van der Waals surface area contributed by atoms with E-state index in [2.05, 4.69) is 10.0 Å². The number of methoxy groups -OCH3 is 2. The lowest BCUT2D eigenvalue weighted by Crippen LogP contribution is -2.45. The van der Waals surface area contributed by atoms with Crippen LogP contribution < -0.4 is 0 Å². The summed E-state index contributed by atoms with van der Waals surface area (Å²) < 4.78 is 15.3. The normalized spacial score (nSPS) is 40.1. The average molecular weight is 217 g/mol. The standard InChI is InChI=1S/C8H15N3O4/c1-8(10-11-9)6(14-3)5(4-13-2)15-7(8)12/h5-7,12H,4H2,1-3H3/t5-,6-,7?,8-/m1/s1. The minimum Gasteiger partial charge on any atom is -0.382 e. The molecule has 0 aromatic heterocycles. The minimum atomic E-state index is -1.18. The van der Waals surface area contributed by atoms with Gasteiger partial charge in [-0.2, -0.15) is 0 Å². The maximum absolute atomic E-state index is 9.66. The van der Waals surface area contributed by atoms with Gasteiger partial charge in [-0.1, -0.05) is 5.11 Å². The zero-order chi connectivity index (χ0) is 11.5. The van der Waals surface area contributed by atoms with E-state index >= 15 is 0 Å². The molecule has 1 saturated heterocycles. The van der Waals surface area contributed by atoms with Gasteiger partial charge in [-0.25, -0.2) is 0 Å². The Kier molecular flexibility index (Phi) is 3.90. The molecule has 0 aromatic rings. The van der Waals surface area contributed by atoms with Crippen LogP contribution in [0.25, 0.3) is 10.4 Å². The number of ether oxygens (including phenoxy) is 3. The Morgan fingerprint density at radius 1 is 1.60 bits per heavy atom. The average Bonchev–Trinajstić information content (AvgIpc) is 2.40. The fourth-order valence-electron chi connectivity index (χ4n) is 1.78. The van der Waals surface area contributed by atoms with Gasteiger partial charge >= 0.3 is 0 Å². The van der Waals surface area contributed by atoms with E-state index in [4.69, 9.17) is 19.7 Å². The van der Waals surface area contributed by atoms with Gasteiger partial charge in [0.25, 0.3) is 0 Å². The third-order valence-electron chi connectivity index (χ3n) is 2.56. The summed E-state index contributed by atoms with van der Waals surface area (Å²) in [5, 5.41) is 13.2. The molecule has 0 aromatic carbocycles. The molecule has 0 radical (unpaired) electrons. The maximum Gasteiger partial charge on any atom is 0.168 e. The molecule has 4 atom stereocenters. The highest BCUT2D eigenvalue weighted by atomic mass is 16.7. The van der Waals surface area contributed by atoms with Gasteiger partial charge < -0.3 is 19.3 Å². The summed E-state index contributed by atoms with van der Waals surface area (Å²) in [5.41, 5.74) is 7.33. The van der Waals surface area contributed by atoms with Crippen molar-refractivity contribution in [3.05, 3.63) is 10.4 Å². The van der Waals surface area contributed by atoms with Gasteiger partial charge in [-0.05, 0) is 12.5 Å². The molecule has 1 fully saturated rings. The van der Waals surface area contributed by atoms with Crippen LogP contribution in [0.4, 0.5) is 0 Å². The van der Waals surface area contributed by atoms with Crippen LogP contribution in [0.15, 0.2) is 5.11 Å². The summed E-state index contributed by atoms with van der Waals surface area (Å²) in [7, 11) is 2.99. The monoisotopic (exact) mass is 217 g/mol. The van der Waals surface area contributed by atoms with E-state index in [0.29, 0.717) is 0 Å². The van der Waals surface area contributed by atoms with E-state index in [0.717, 1.165) is 0 Å². The van der Waals surface area contributed by atoms with Gasteiger partial charge in [0.1, 0.15) is 17.7 Å². The molecule has 7 heteroatoms. The number of rotatable bonds is 4. The predicted octanol–water partition coefficient (Wildman–Crippen LogP) is 0.434. The van der Waals surface area contributed by atoms with E-state index in [1.54, 1.807) is 6.92 Å². The van der Waals surface area contributed by atoms with Crippen LogP contribution in [0.2, 0.25) is 0 Å². The van der Waals surface area contributed by atoms with Crippen molar-refractivity contribution in [3.8, 4) is 0 Å². The molecular formula is C8H15N3O4. The van der Waals surface area contributed by atoms with Crippen LogP contribution in [0.5, 0.6) is 0 Å². The molecule has 7 nitrogen and oxygen atoms in total. The summed E-state index contributed by atoms with van der Waals surface area (Å²) in [4.78, 5) is 2.70. The lowest BCUT2D eigenvalue weighted by atomic mass is 9.94. The van der Waals surface area contributed by atoms with Crippen LogP contribution in [0.1, 0.15) is 6.92 Å². The first-order valence-corrected chi connectivity index (χ1v) is 4.51. The molecule has 1 heterocycles. The highest BCUT2D eigenvalue weighted by Gasteiger charge is 2.53. The highest BCUT2D eigenvalue weighted by Crippen LogP contribution is 2.35. The van der Waals surface area contributed by atoms with Gasteiger partial charge in [0.15, 0.2) is 6.29 Å². The Labute approximate surface area is 87.6 Å². The SMILES string of the molecule is COC[C@H]1OC(O)[C@](C)(N=[N+]=[N-])[C@@H]1OC. The molecule has 0 spiro atoms. The number of hydrogen-bond donors (Lipinski definition) is 1. The van der Waals surface area contributed by atoms with Gasteiger partial charge in [0.2, 0.25) is 0 Å². The van der Waals surface area contributed by atoms with Crippen LogP contribution in [-0.2, 0) is 14.2 Å². The van der Waals surface area contributed by atoms with Crippen LogP contribution in [-0.4, -0.2) is 50.0 Å². The first-order chi connectivity index (χ1) is 7.10. The van der Waals surface area contributed by atoms with Crippen molar-refractivity contribution >= 4 is 0 Å². The molecular weight excluding hydrogens is 202 g/mol. The first-order valence-electron chi connectivity index (χ1n) is 4.51. The maximum atomic E-state index is 9.66. The topological polar surface area (TPSA) is 96.7 Å². The van der Waals surface area contributed by atoms with Crippen molar-refractivity contribution in [1.29, 1.82) is 0 Å². The zero-order valence-electron chi connectivity index (χ0n) is 8.95. The largest absolute Gasteiger partial charge is 0.382 e. The van der Waals surface area contributed by atoms with Crippen LogP contribution in [0.3, 0.4) is 0 Å². The molecule has 1 rings (SSSR count). The van der Waals surface area contributed by atoms with E-state index in [1.807, 2.05) is 0 Å². The molecule has 15 heavy (non-hydrogen) atoms. The highest BCUT2D eigenvalue weighted by molar-refractivity contribution is 5.03. The van der Waals surface area contributed by atoms with Gasteiger partial charge in [-0.3, -0.25) is 0 Å². The summed E-state index contributed by atoms with van der Waals surface area (Å²) >= 11 is 0. The van der Waals surface area contributed by atoms with E-state index in [-0.39, 0.29) is 6.61 Å². The molecule has 0 aliphatic carbocycles. The van der Waals surface area contributed by atoms with Crippen LogP contribution in [0, 0.1) is 0 Å². The van der Waals surface area contributed by atoms with Crippen molar-refractivity contribution in [2.24, 2.45) is 5.11 Å². The number of aliphatic hydroxyl groups is 1.